The number of esters is 1. The maximum absolute atomic E-state index is 13.6. The number of Topliss-reactive ketones (excluding diaryl/α,β-unsaturated/α-hetero) is 1. The van der Waals surface area contributed by atoms with Gasteiger partial charge in [-0.2, -0.15) is 0 Å². The van der Waals surface area contributed by atoms with Gasteiger partial charge in [0.1, 0.15) is 5.60 Å². The summed E-state index contributed by atoms with van der Waals surface area (Å²) in [4.78, 5) is 25.5. The zero-order chi connectivity index (χ0) is 22.2. The number of hydrogen-bond acceptors (Lipinski definition) is 7. The van der Waals surface area contributed by atoms with Crippen molar-refractivity contribution in [3.63, 3.8) is 0 Å². The van der Waals surface area contributed by atoms with Crippen molar-refractivity contribution in [1.82, 2.24) is 0 Å². The van der Waals surface area contributed by atoms with E-state index in [1.165, 1.54) is 19.9 Å². The molecular weight excluding hydrogens is 376 g/mol. The molecule has 2 aliphatic carbocycles. The summed E-state index contributed by atoms with van der Waals surface area (Å²) in [6.45, 7) is 13.6. The van der Waals surface area contributed by atoms with Crippen LogP contribution in [0.2, 0.25) is 0 Å². The van der Waals surface area contributed by atoms with Crippen LogP contribution in [0.4, 0.5) is 0 Å². The van der Waals surface area contributed by atoms with E-state index in [9.17, 15) is 24.9 Å². The molecule has 8 atom stereocenters. The lowest BCUT2D eigenvalue weighted by molar-refractivity contribution is -0.370. The van der Waals surface area contributed by atoms with E-state index in [1.807, 2.05) is 13.8 Å². The number of ether oxygens (including phenoxy) is 2. The van der Waals surface area contributed by atoms with Crippen molar-refractivity contribution in [1.29, 1.82) is 0 Å². The van der Waals surface area contributed by atoms with E-state index in [4.69, 9.17) is 9.47 Å². The second-order valence-corrected chi connectivity index (χ2v) is 10.4. The number of carbonyl (C=O) groups is 2. The van der Waals surface area contributed by atoms with Crippen molar-refractivity contribution in [2.45, 2.75) is 95.9 Å². The largest absolute Gasteiger partial charge is 0.457 e. The van der Waals surface area contributed by atoms with Crippen LogP contribution in [0.1, 0.15) is 60.8 Å². The molecule has 0 radical (unpaired) electrons. The van der Waals surface area contributed by atoms with Gasteiger partial charge in [0, 0.05) is 24.7 Å². The molecule has 0 amide bonds. The monoisotopic (exact) mass is 410 g/mol. The third-order valence-electron chi connectivity index (χ3n) is 8.02. The fourth-order valence-electron chi connectivity index (χ4n) is 6.66. The minimum absolute atomic E-state index is 0.138. The van der Waals surface area contributed by atoms with E-state index >= 15 is 0 Å². The summed E-state index contributed by atoms with van der Waals surface area (Å²) in [6, 6.07) is 0. The highest BCUT2D eigenvalue weighted by atomic mass is 16.6. The Morgan fingerprint density at radius 3 is 2.34 bits per heavy atom. The van der Waals surface area contributed by atoms with Crippen LogP contribution in [-0.4, -0.2) is 62.2 Å². The van der Waals surface area contributed by atoms with Gasteiger partial charge in [0.05, 0.1) is 17.8 Å². The Morgan fingerprint density at radius 1 is 1.24 bits per heavy atom. The topological polar surface area (TPSA) is 113 Å². The Bertz CT molecular complexity index is 747. The summed E-state index contributed by atoms with van der Waals surface area (Å²) >= 11 is 0. The van der Waals surface area contributed by atoms with Crippen molar-refractivity contribution in [2.75, 3.05) is 0 Å². The first-order chi connectivity index (χ1) is 13.1. The standard InChI is InChI=1S/C22H34O7/c1-8-19(5)11-14(25)22(27)20(6)13(24)9-10-18(3,4)16(20)15(26)17(28-12(2)23)21(22,7)29-19/h8,13,15-17,24,26-27H,1,9-11H2,2-7H3/t13-,15-,16+,17+,19-,20-,21+,22-/m0/s1. The number of aliphatic hydroxyl groups is 3. The highest BCUT2D eigenvalue weighted by Gasteiger charge is 2.81. The number of aliphatic hydroxyl groups excluding tert-OH is 2. The highest BCUT2D eigenvalue weighted by molar-refractivity contribution is 5.92. The average Bonchev–Trinajstić information content (AvgIpc) is 2.59. The van der Waals surface area contributed by atoms with Gasteiger partial charge in [0.25, 0.3) is 0 Å². The van der Waals surface area contributed by atoms with E-state index in [2.05, 4.69) is 6.58 Å². The first kappa shape index (κ1) is 22.4. The lowest BCUT2D eigenvalue weighted by atomic mass is 9.40. The van der Waals surface area contributed by atoms with Gasteiger partial charge < -0.3 is 24.8 Å². The predicted octanol–water partition coefficient (Wildman–Crippen LogP) is 1.52. The van der Waals surface area contributed by atoms with Gasteiger partial charge in [-0.25, -0.2) is 0 Å². The normalized spacial score (nSPS) is 51.6. The van der Waals surface area contributed by atoms with Gasteiger partial charge in [-0.05, 0) is 32.1 Å². The zero-order valence-electron chi connectivity index (χ0n) is 18.2. The molecule has 0 aromatic carbocycles. The Morgan fingerprint density at radius 2 is 1.83 bits per heavy atom. The first-order valence-corrected chi connectivity index (χ1v) is 10.2. The van der Waals surface area contributed by atoms with Crippen LogP contribution in [0, 0.1) is 16.7 Å². The molecule has 7 nitrogen and oxygen atoms in total. The van der Waals surface area contributed by atoms with Crippen LogP contribution in [0.15, 0.2) is 12.7 Å². The van der Waals surface area contributed by atoms with Gasteiger partial charge in [-0.3, -0.25) is 9.59 Å². The fraction of sp³-hybridized carbons (Fsp3) is 0.818. The lowest BCUT2D eigenvalue weighted by Gasteiger charge is -2.71. The fourth-order valence-corrected chi connectivity index (χ4v) is 6.66. The molecule has 7 heteroatoms. The van der Waals surface area contributed by atoms with Gasteiger partial charge in [0.2, 0.25) is 0 Å². The smallest absolute Gasteiger partial charge is 0.303 e. The molecule has 3 aliphatic rings. The molecule has 0 bridgehead atoms. The van der Waals surface area contributed by atoms with E-state index < -0.39 is 63.6 Å². The van der Waals surface area contributed by atoms with Crippen LogP contribution in [0.3, 0.4) is 0 Å². The van der Waals surface area contributed by atoms with E-state index in [0.29, 0.717) is 12.8 Å². The van der Waals surface area contributed by atoms with E-state index in [0.717, 1.165) is 0 Å². The summed E-state index contributed by atoms with van der Waals surface area (Å²) < 4.78 is 11.8. The maximum Gasteiger partial charge on any atom is 0.303 e. The number of carbonyl (C=O) groups excluding carboxylic acids is 2. The molecule has 1 heterocycles. The van der Waals surface area contributed by atoms with Crippen molar-refractivity contribution >= 4 is 11.8 Å². The third-order valence-corrected chi connectivity index (χ3v) is 8.02. The van der Waals surface area contributed by atoms with Crippen LogP contribution < -0.4 is 0 Å². The van der Waals surface area contributed by atoms with Crippen molar-refractivity contribution < 1.29 is 34.4 Å². The van der Waals surface area contributed by atoms with Crippen molar-refractivity contribution in [2.24, 2.45) is 16.7 Å². The molecule has 3 fully saturated rings. The summed E-state index contributed by atoms with van der Waals surface area (Å²) in [6.07, 6.45) is -1.29. The molecule has 0 aromatic heterocycles. The number of hydrogen-bond donors (Lipinski definition) is 3. The highest BCUT2D eigenvalue weighted by Crippen LogP contribution is 2.66. The van der Waals surface area contributed by atoms with E-state index in [1.54, 1.807) is 13.8 Å². The zero-order valence-corrected chi connectivity index (χ0v) is 18.2. The Kier molecular flexibility index (Phi) is 4.91. The van der Waals surface area contributed by atoms with Gasteiger partial charge in [0.15, 0.2) is 17.5 Å². The predicted molar refractivity (Wildman–Crippen MR) is 105 cm³/mol. The Hall–Kier alpha value is -1.28. The molecule has 1 aliphatic heterocycles. The summed E-state index contributed by atoms with van der Waals surface area (Å²) in [5, 5.41) is 34.7. The second-order valence-electron chi connectivity index (χ2n) is 10.4. The van der Waals surface area contributed by atoms with E-state index in [-0.39, 0.29) is 6.42 Å². The lowest BCUT2D eigenvalue weighted by Crippen LogP contribution is -2.86. The molecule has 29 heavy (non-hydrogen) atoms. The molecule has 164 valence electrons. The van der Waals surface area contributed by atoms with Crippen molar-refractivity contribution in [3.8, 4) is 0 Å². The van der Waals surface area contributed by atoms with Crippen molar-refractivity contribution in [3.05, 3.63) is 12.7 Å². The van der Waals surface area contributed by atoms with Crippen LogP contribution in [-0.2, 0) is 19.1 Å². The summed E-state index contributed by atoms with van der Waals surface area (Å²) in [5.41, 5.74) is -7.00. The average molecular weight is 411 g/mol. The molecule has 0 unspecified atom stereocenters. The number of ketones is 1. The molecule has 0 spiro atoms. The number of rotatable bonds is 2. The molecule has 0 aromatic rings. The summed E-state index contributed by atoms with van der Waals surface area (Å²) in [5.74, 6) is -1.87. The minimum atomic E-state index is -2.18. The quantitative estimate of drug-likeness (QED) is 0.467. The Balaban J connectivity index is 2.33. The summed E-state index contributed by atoms with van der Waals surface area (Å²) in [7, 11) is 0. The second kappa shape index (κ2) is 6.36. The molecular formula is C22H34O7. The molecule has 1 saturated heterocycles. The van der Waals surface area contributed by atoms with Gasteiger partial charge in [-0.1, -0.05) is 26.8 Å². The molecule has 2 saturated carbocycles. The van der Waals surface area contributed by atoms with Crippen LogP contribution in [0.5, 0.6) is 0 Å². The molecule has 3 N–H and O–H groups in total. The van der Waals surface area contributed by atoms with Crippen LogP contribution >= 0.6 is 0 Å². The van der Waals surface area contributed by atoms with Crippen LogP contribution in [0.25, 0.3) is 0 Å². The minimum Gasteiger partial charge on any atom is -0.457 e. The number of fused-ring (bicyclic) bond motifs is 3. The SMILES string of the molecule is C=C[C@@]1(C)CC(=O)[C@]2(O)[C@]3(C)[C@H]([C@H](O)[C@@H](OC(C)=O)[C@@]2(C)O1)C(C)(C)CC[C@@H]3O. The van der Waals surface area contributed by atoms with Gasteiger partial charge in [-0.15, -0.1) is 6.58 Å². The van der Waals surface area contributed by atoms with Gasteiger partial charge >= 0.3 is 5.97 Å². The molecule has 3 rings (SSSR count). The Labute approximate surface area is 172 Å². The first-order valence-electron chi connectivity index (χ1n) is 10.2. The maximum atomic E-state index is 13.6. The third kappa shape index (κ3) is 2.63.